The second-order valence-corrected chi connectivity index (χ2v) is 1.82. The SMILES string of the molecule is Cn1cccc1/C=N/N. The zero-order valence-electron chi connectivity index (χ0n) is 5.28. The van der Waals surface area contributed by atoms with Crippen molar-refractivity contribution in [2.24, 2.45) is 18.0 Å². The van der Waals surface area contributed by atoms with E-state index in [1.54, 1.807) is 6.21 Å². The quantitative estimate of drug-likeness (QED) is 0.326. The molecule has 0 radical (unpaired) electrons. The summed E-state index contributed by atoms with van der Waals surface area (Å²) in [7, 11) is 1.94. The highest BCUT2D eigenvalue weighted by Gasteiger charge is 1.88. The summed E-state index contributed by atoms with van der Waals surface area (Å²) in [5.41, 5.74) is 1.01. The monoisotopic (exact) mass is 123 g/mol. The van der Waals surface area contributed by atoms with E-state index >= 15 is 0 Å². The molecular formula is C6H9N3. The van der Waals surface area contributed by atoms with Gasteiger partial charge in [0.25, 0.3) is 0 Å². The Morgan fingerprint density at radius 3 is 3.00 bits per heavy atom. The molecule has 0 saturated heterocycles. The van der Waals surface area contributed by atoms with Crippen LogP contribution in [0, 0.1) is 0 Å². The lowest BCUT2D eigenvalue weighted by atomic mass is 10.5. The molecule has 1 aromatic heterocycles. The lowest BCUT2D eigenvalue weighted by Gasteiger charge is -1.91. The van der Waals surface area contributed by atoms with Gasteiger partial charge in [0.05, 0.1) is 11.9 Å². The molecule has 0 unspecified atom stereocenters. The van der Waals surface area contributed by atoms with Gasteiger partial charge in [-0.3, -0.25) is 0 Å². The highest BCUT2D eigenvalue weighted by Crippen LogP contribution is 1.93. The van der Waals surface area contributed by atoms with E-state index in [4.69, 9.17) is 5.84 Å². The number of nitrogens with two attached hydrogens (primary N) is 1. The third kappa shape index (κ3) is 1.10. The second-order valence-electron chi connectivity index (χ2n) is 1.82. The largest absolute Gasteiger partial charge is 0.350 e. The molecule has 1 heterocycles. The number of aromatic nitrogens is 1. The van der Waals surface area contributed by atoms with Crippen molar-refractivity contribution in [3.63, 3.8) is 0 Å². The predicted octanol–water partition coefficient (Wildman–Crippen LogP) is 0.318. The van der Waals surface area contributed by atoms with Crippen molar-refractivity contribution in [3.05, 3.63) is 24.0 Å². The lowest BCUT2D eigenvalue weighted by molar-refractivity contribution is 0.917. The number of hydrogen-bond acceptors (Lipinski definition) is 2. The minimum Gasteiger partial charge on any atom is -0.350 e. The molecule has 0 bridgehead atoms. The fraction of sp³-hybridized carbons (Fsp3) is 0.167. The van der Waals surface area contributed by atoms with Crippen LogP contribution in [0.25, 0.3) is 0 Å². The summed E-state index contributed by atoms with van der Waals surface area (Å²) < 4.78 is 1.94. The summed E-state index contributed by atoms with van der Waals surface area (Å²) in [5.74, 6) is 4.94. The highest BCUT2D eigenvalue weighted by atomic mass is 15.1. The molecule has 3 nitrogen and oxygen atoms in total. The van der Waals surface area contributed by atoms with Crippen LogP contribution in [0.2, 0.25) is 0 Å². The molecule has 2 N–H and O–H groups in total. The first kappa shape index (κ1) is 5.88. The van der Waals surface area contributed by atoms with Crippen molar-refractivity contribution in [2.45, 2.75) is 0 Å². The van der Waals surface area contributed by atoms with Crippen LogP contribution in [0.1, 0.15) is 5.69 Å². The maximum atomic E-state index is 4.94. The molecule has 0 fully saturated rings. The van der Waals surface area contributed by atoms with Gasteiger partial charge in [-0.1, -0.05) is 0 Å². The van der Waals surface area contributed by atoms with Gasteiger partial charge in [0, 0.05) is 13.2 Å². The Labute approximate surface area is 53.8 Å². The standard InChI is InChI=1S/C6H9N3/c1-9-4-2-3-6(9)5-8-7/h2-5H,7H2,1H3/b8-5+. The van der Waals surface area contributed by atoms with Crippen molar-refractivity contribution in [1.82, 2.24) is 4.57 Å². The van der Waals surface area contributed by atoms with Crippen molar-refractivity contribution >= 4 is 6.21 Å². The first-order valence-corrected chi connectivity index (χ1v) is 2.69. The molecule has 0 aliphatic carbocycles. The number of aryl methyl sites for hydroxylation is 1. The molecule has 0 saturated carbocycles. The highest BCUT2D eigenvalue weighted by molar-refractivity contribution is 5.77. The van der Waals surface area contributed by atoms with Crippen LogP contribution in [-0.2, 0) is 7.05 Å². The molecule has 0 aliphatic rings. The van der Waals surface area contributed by atoms with E-state index in [1.807, 2.05) is 29.9 Å². The maximum Gasteiger partial charge on any atom is 0.0702 e. The van der Waals surface area contributed by atoms with Gasteiger partial charge < -0.3 is 10.4 Å². The van der Waals surface area contributed by atoms with Crippen molar-refractivity contribution < 1.29 is 0 Å². The van der Waals surface area contributed by atoms with E-state index in [1.165, 1.54) is 0 Å². The fourth-order valence-electron chi connectivity index (χ4n) is 0.685. The average molecular weight is 123 g/mol. The molecular weight excluding hydrogens is 114 g/mol. The molecule has 48 valence electrons. The van der Waals surface area contributed by atoms with Crippen molar-refractivity contribution in [1.29, 1.82) is 0 Å². The molecule has 0 spiro atoms. The van der Waals surface area contributed by atoms with E-state index in [0.29, 0.717) is 0 Å². The van der Waals surface area contributed by atoms with Gasteiger partial charge in [-0.25, -0.2) is 0 Å². The Kier molecular flexibility index (Phi) is 1.53. The Morgan fingerprint density at radius 1 is 1.78 bits per heavy atom. The summed E-state index contributed by atoms with van der Waals surface area (Å²) >= 11 is 0. The number of nitrogens with zero attached hydrogens (tertiary/aromatic N) is 2. The zero-order chi connectivity index (χ0) is 6.69. The summed E-state index contributed by atoms with van der Waals surface area (Å²) in [5, 5.41) is 3.39. The third-order valence-corrected chi connectivity index (χ3v) is 1.19. The summed E-state index contributed by atoms with van der Waals surface area (Å²) in [6.07, 6.45) is 3.55. The first-order chi connectivity index (χ1) is 4.34. The Morgan fingerprint density at radius 2 is 2.56 bits per heavy atom. The Balaban J connectivity index is 2.94. The van der Waals surface area contributed by atoms with Gasteiger partial charge in [-0.2, -0.15) is 5.10 Å². The smallest absolute Gasteiger partial charge is 0.0702 e. The Hall–Kier alpha value is -1.25. The molecule has 0 atom stereocenters. The molecule has 9 heavy (non-hydrogen) atoms. The average Bonchev–Trinajstić information content (AvgIpc) is 2.18. The van der Waals surface area contributed by atoms with Gasteiger partial charge >= 0.3 is 0 Å². The van der Waals surface area contributed by atoms with Crippen LogP contribution in [0.15, 0.2) is 23.4 Å². The summed E-state index contributed by atoms with van der Waals surface area (Å²) in [6.45, 7) is 0. The summed E-state index contributed by atoms with van der Waals surface area (Å²) in [4.78, 5) is 0. The molecule has 0 aliphatic heterocycles. The van der Waals surface area contributed by atoms with Crippen LogP contribution >= 0.6 is 0 Å². The van der Waals surface area contributed by atoms with Crippen molar-refractivity contribution in [3.8, 4) is 0 Å². The van der Waals surface area contributed by atoms with Crippen LogP contribution in [-0.4, -0.2) is 10.8 Å². The second kappa shape index (κ2) is 2.35. The third-order valence-electron chi connectivity index (χ3n) is 1.19. The van der Waals surface area contributed by atoms with E-state index in [-0.39, 0.29) is 0 Å². The minimum absolute atomic E-state index is 1.01. The van der Waals surface area contributed by atoms with Crippen LogP contribution < -0.4 is 5.84 Å². The zero-order valence-corrected chi connectivity index (χ0v) is 5.28. The molecule has 1 aromatic rings. The van der Waals surface area contributed by atoms with E-state index in [2.05, 4.69) is 5.10 Å². The van der Waals surface area contributed by atoms with Crippen molar-refractivity contribution in [2.75, 3.05) is 0 Å². The van der Waals surface area contributed by atoms with Gasteiger partial charge in [0.1, 0.15) is 0 Å². The minimum atomic E-state index is 1.01. The maximum absolute atomic E-state index is 4.94. The Bertz CT molecular complexity index is 212. The predicted molar refractivity (Wildman–Crippen MR) is 37.2 cm³/mol. The number of hydrogen-bond donors (Lipinski definition) is 1. The van der Waals surface area contributed by atoms with Gasteiger partial charge in [0.2, 0.25) is 0 Å². The topological polar surface area (TPSA) is 43.3 Å². The molecule has 0 amide bonds. The molecule has 0 aromatic carbocycles. The van der Waals surface area contributed by atoms with Gasteiger partial charge in [-0.05, 0) is 12.1 Å². The van der Waals surface area contributed by atoms with E-state index < -0.39 is 0 Å². The first-order valence-electron chi connectivity index (χ1n) is 2.69. The van der Waals surface area contributed by atoms with E-state index in [0.717, 1.165) is 5.69 Å². The molecule has 1 rings (SSSR count). The van der Waals surface area contributed by atoms with Gasteiger partial charge in [0.15, 0.2) is 0 Å². The number of rotatable bonds is 1. The van der Waals surface area contributed by atoms with E-state index in [9.17, 15) is 0 Å². The van der Waals surface area contributed by atoms with Gasteiger partial charge in [-0.15, -0.1) is 0 Å². The summed E-state index contributed by atoms with van der Waals surface area (Å²) in [6, 6.07) is 3.88. The normalized spacial score (nSPS) is 10.8. The van der Waals surface area contributed by atoms with Crippen LogP contribution in [0.5, 0.6) is 0 Å². The molecule has 3 heteroatoms. The number of hydrazone groups is 1. The van der Waals surface area contributed by atoms with Crippen LogP contribution in [0.4, 0.5) is 0 Å². The van der Waals surface area contributed by atoms with Crippen LogP contribution in [0.3, 0.4) is 0 Å². The fourth-order valence-corrected chi connectivity index (χ4v) is 0.685. The lowest BCUT2D eigenvalue weighted by Crippen LogP contribution is -1.94.